The second-order valence-electron chi connectivity index (χ2n) is 5.37. The summed E-state index contributed by atoms with van der Waals surface area (Å²) >= 11 is 0. The Morgan fingerprint density at radius 3 is 2.48 bits per heavy atom. The second kappa shape index (κ2) is 7.96. The van der Waals surface area contributed by atoms with E-state index in [0.717, 1.165) is 17.0 Å². The van der Waals surface area contributed by atoms with Gasteiger partial charge in [-0.25, -0.2) is 9.48 Å². The molecule has 1 aromatic heterocycles. The van der Waals surface area contributed by atoms with Gasteiger partial charge in [0.25, 0.3) is 0 Å². The molecule has 0 aliphatic carbocycles. The van der Waals surface area contributed by atoms with Crippen LogP contribution in [0.5, 0.6) is 5.75 Å². The van der Waals surface area contributed by atoms with Gasteiger partial charge >= 0.3 is 6.03 Å². The highest BCUT2D eigenvalue weighted by Crippen LogP contribution is 2.10. The zero-order valence-corrected chi connectivity index (χ0v) is 13.8. The molecule has 2 aromatic carbocycles. The number of aromatic nitrogens is 3. The number of benzene rings is 2. The number of urea groups is 1. The lowest BCUT2D eigenvalue weighted by Crippen LogP contribution is -2.34. The van der Waals surface area contributed by atoms with E-state index in [4.69, 9.17) is 4.74 Å². The third kappa shape index (κ3) is 4.57. The highest BCUT2D eigenvalue weighted by Gasteiger charge is 2.05. The van der Waals surface area contributed by atoms with Crippen molar-refractivity contribution in [2.45, 2.75) is 13.1 Å². The van der Waals surface area contributed by atoms with Gasteiger partial charge in [0.1, 0.15) is 11.4 Å². The van der Waals surface area contributed by atoms with Crippen molar-refractivity contribution in [3.63, 3.8) is 0 Å². The van der Waals surface area contributed by atoms with Crippen molar-refractivity contribution in [3.8, 4) is 11.4 Å². The average molecular weight is 337 g/mol. The van der Waals surface area contributed by atoms with Gasteiger partial charge in [0.2, 0.25) is 0 Å². The minimum absolute atomic E-state index is 0.259. The number of ether oxygens (including phenoxy) is 1. The predicted molar refractivity (Wildman–Crippen MR) is 93.4 cm³/mol. The average Bonchev–Trinajstić information content (AvgIpc) is 3.15. The van der Waals surface area contributed by atoms with Crippen molar-refractivity contribution in [1.82, 2.24) is 25.6 Å². The molecule has 1 heterocycles. The van der Waals surface area contributed by atoms with Gasteiger partial charge in [-0.1, -0.05) is 35.5 Å². The topological polar surface area (TPSA) is 81.1 Å². The van der Waals surface area contributed by atoms with Gasteiger partial charge < -0.3 is 15.4 Å². The molecule has 0 spiro atoms. The van der Waals surface area contributed by atoms with Gasteiger partial charge in [-0.2, -0.15) is 0 Å². The fraction of sp³-hybridized carbons (Fsp3) is 0.167. The highest BCUT2D eigenvalue weighted by molar-refractivity contribution is 5.73. The number of rotatable bonds is 6. The van der Waals surface area contributed by atoms with Crippen LogP contribution in [0.15, 0.2) is 60.8 Å². The zero-order chi connectivity index (χ0) is 17.5. The first-order valence-corrected chi connectivity index (χ1v) is 7.86. The molecular formula is C18H19N5O2. The van der Waals surface area contributed by atoms with Crippen molar-refractivity contribution in [3.05, 3.63) is 72.1 Å². The van der Waals surface area contributed by atoms with Crippen LogP contribution >= 0.6 is 0 Å². The van der Waals surface area contributed by atoms with Crippen LogP contribution in [0.1, 0.15) is 11.3 Å². The molecule has 0 unspecified atom stereocenters. The summed E-state index contributed by atoms with van der Waals surface area (Å²) in [7, 11) is 1.62. The Balaban J connectivity index is 1.46. The van der Waals surface area contributed by atoms with Crippen molar-refractivity contribution in [2.24, 2.45) is 0 Å². The van der Waals surface area contributed by atoms with E-state index in [1.54, 1.807) is 18.0 Å². The Morgan fingerprint density at radius 2 is 1.76 bits per heavy atom. The molecule has 2 N–H and O–H groups in total. The molecule has 0 aliphatic heterocycles. The second-order valence-corrected chi connectivity index (χ2v) is 5.37. The number of para-hydroxylation sites is 1. The number of carbonyl (C=O) groups is 1. The predicted octanol–water partition coefficient (Wildman–Crippen LogP) is 2.28. The monoisotopic (exact) mass is 337 g/mol. The van der Waals surface area contributed by atoms with E-state index in [-0.39, 0.29) is 6.03 Å². The summed E-state index contributed by atoms with van der Waals surface area (Å²) in [5, 5.41) is 13.7. The summed E-state index contributed by atoms with van der Waals surface area (Å²) in [5.41, 5.74) is 2.60. The lowest BCUT2D eigenvalue weighted by Gasteiger charge is -2.07. The lowest BCUT2D eigenvalue weighted by atomic mass is 10.2. The Labute approximate surface area is 145 Å². The van der Waals surface area contributed by atoms with Crippen LogP contribution in [-0.2, 0) is 13.1 Å². The van der Waals surface area contributed by atoms with Crippen LogP contribution < -0.4 is 15.4 Å². The summed E-state index contributed by atoms with van der Waals surface area (Å²) in [6, 6.07) is 17.0. The molecule has 2 amide bonds. The molecule has 0 saturated heterocycles. The molecule has 0 radical (unpaired) electrons. The molecule has 0 aliphatic rings. The van der Waals surface area contributed by atoms with Gasteiger partial charge in [-0.05, 0) is 29.8 Å². The first-order chi connectivity index (χ1) is 12.2. The Morgan fingerprint density at radius 1 is 1.04 bits per heavy atom. The first kappa shape index (κ1) is 16.5. The van der Waals surface area contributed by atoms with Gasteiger partial charge in [-0.3, -0.25) is 0 Å². The smallest absolute Gasteiger partial charge is 0.315 e. The van der Waals surface area contributed by atoms with E-state index in [9.17, 15) is 4.79 Å². The number of hydrogen-bond donors (Lipinski definition) is 2. The summed E-state index contributed by atoms with van der Waals surface area (Å²) in [5.74, 6) is 0.787. The number of methoxy groups -OCH3 is 1. The van der Waals surface area contributed by atoms with E-state index in [0.29, 0.717) is 18.8 Å². The fourth-order valence-corrected chi connectivity index (χ4v) is 2.25. The molecule has 3 rings (SSSR count). The van der Waals surface area contributed by atoms with Crippen molar-refractivity contribution in [2.75, 3.05) is 7.11 Å². The van der Waals surface area contributed by atoms with Crippen molar-refractivity contribution >= 4 is 6.03 Å². The standard InChI is InChI=1S/C18H19N5O2/c1-25-17-9-7-14(8-10-17)11-19-18(24)20-12-15-13-23(22-21-15)16-5-3-2-4-6-16/h2-10,13H,11-12H2,1H3,(H2,19,20,24). The maximum Gasteiger partial charge on any atom is 0.315 e. The number of hydrogen-bond acceptors (Lipinski definition) is 4. The van der Waals surface area contributed by atoms with Crippen LogP contribution in [0, 0.1) is 0 Å². The zero-order valence-electron chi connectivity index (χ0n) is 13.8. The van der Waals surface area contributed by atoms with E-state index < -0.39 is 0 Å². The number of carbonyl (C=O) groups excluding carboxylic acids is 1. The summed E-state index contributed by atoms with van der Waals surface area (Å²) in [6.45, 7) is 0.744. The molecular weight excluding hydrogens is 318 g/mol. The third-order valence-corrected chi connectivity index (χ3v) is 3.60. The molecule has 0 bridgehead atoms. The number of nitrogens with zero attached hydrogens (tertiary/aromatic N) is 3. The summed E-state index contributed by atoms with van der Waals surface area (Å²) in [4.78, 5) is 11.9. The normalized spacial score (nSPS) is 10.3. The highest BCUT2D eigenvalue weighted by atomic mass is 16.5. The van der Waals surface area contributed by atoms with Gasteiger partial charge in [0.15, 0.2) is 0 Å². The van der Waals surface area contributed by atoms with Gasteiger partial charge in [-0.15, -0.1) is 5.10 Å². The molecule has 25 heavy (non-hydrogen) atoms. The van der Waals surface area contributed by atoms with Crippen LogP contribution in [-0.4, -0.2) is 28.1 Å². The van der Waals surface area contributed by atoms with Crippen LogP contribution in [0.25, 0.3) is 5.69 Å². The molecule has 7 heteroatoms. The van der Waals surface area contributed by atoms with Crippen molar-refractivity contribution in [1.29, 1.82) is 0 Å². The molecule has 0 atom stereocenters. The van der Waals surface area contributed by atoms with Crippen molar-refractivity contribution < 1.29 is 9.53 Å². The molecule has 0 fully saturated rings. The lowest BCUT2D eigenvalue weighted by molar-refractivity contribution is 0.240. The quantitative estimate of drug-likeness (QED) is 0.723. The summed E-state index contributed by atoms with van der Waals surface area (Å²) < 4.78 is 6.77. The minimum atomic E-state index is -0.259. The van der Waals surface area contributed by atoms with E-state index >= 15 is 0 Å². The fourth-order valence-electron chi connectivity index (χ4n) is 2.25. The van der Waals surface area contributed by atoms with Gasteiger partial charge in [0.05, 0.1) is 25.5 Å². The molecule has 7 nitrogen and oxygen atoms in total. The Kier molecular flexibility index (Phi) is 5.26. The minimum Gasteiger partial charge on any atom is -0.497 e. The number of nitrogens with one attached hydrogen (secondary N) is 2. The SMILES string of the molecule is COc1ccc(CNC(=O)NCc2cn(-c3ccccc3)nn2)cc1. The Bertz CT molecular complexity index is 815. The van der Waals surface area contributed by atoms with E-state index in [2.05, 4.69) is 20.9 Å². The maximum absolute atomic E-state index is 11.9. The van der Waals surface area contributed by atoms with Crippen LogP contribution in [0.3, 0.4) is 0 Å². The van der Waals surface area contributed by atoms with Gasteiger partial charge in [0, 0.05) is 6.54 Å². The number of amides is 2. The molecule has 3 aromatic rings. The first-order valence-electron chi connectivity index (χ1n) is 7.86. The Hall–Kier alpha value is -3.35. The molecule has 0 saturated carbocycles. The largest absolute Gasteiger partial charge is 0.497 e. The maximum atomic E-state index is 11.9. The van der Waals surface area contributed by atoms with E-state index in [1.165, 1.54) is 0 Å². The summed E-state index contributed by atoms with van der Waals surface area (Å²) in [6.07, 6.45) is 1.79. The third-order valence-electron chi connectivity index (χ3n) is 3.60. The molecule has 128 valence electrons. The van der Waals surface area contributed by atoms with Crippen LogP contribution in [0.2, 0.25) is 0 Å². The van der Waals surface area contributed by atoms with Crippen LogP contribution in [0.4, 0.5) is 4.79 Å². The van der Waals surface area contributed by atoms with E-state index in [1.807, 2.05) is 54.6 Å².